The van der Waals surface area contributed by atoms with Gasteiger partial charge in [-0.05, 0) is 31.6 Å². The Morgan fingerprint density at radius 2 is 2.00 bits per heavy atom. The first-order valence-corrected chi connectivity index (χ1v) is 6.77. The molecule has 1 heterocycles. The van der Waals surface area contributed by atoms with E-state index in [0.29, 0.717) is 5.92 Å². The molecule has 1 aliphatic heterocycles. The Labute approximate surface area is 103 Å². The van der Waals surface area contributed by atoms with Crippen molar-refractivity contribution < 1.29 is 9.53 Å². The van der Waals surface area contributed by atoms with Crippen LogP contribution in [0.1, 0.15) is 32.1 Å². The molecule has 0 aromatic heterocycles. The van der Waals surface area contributed by atoms with Gasteiger partial charge in [0.25, 0.3) is 0 Å². The average Bonchev–Trinajstić information content (AvgIpc) is 2.76. The smallest absolute Gasteiger partial charge is 0.226 e. The Balaban J connectivity index is 1.81. The summed E-state index contributed by atoms with van der Waals surface area (Å²) >= 11 is 0. The minimum Gasteiger partial charge on any atom is -0.381 e. The van der Waals surface area contributed by atoms with Crippen molar-refractivity contribution in [1.82, 2.24) is 4.90 Å². The number of carbonyl (C=O) groups is 1. The van der Waals surface area contributed by atoms with Gasteiger partial charge in [-0.2, -0.15) is 0 Å². The molecule has 0 spiro atoms. The lowest BCUT2D eigenvalue weighted by Gasteiger charge is -2.29. The van der Waals surface area contributed by atoms with E-state index in [0.717, 1.165) is 51.9 Å². The van der Waals surface area contributed by atoms with Crippen LogP contribution >= 0.6 is 0 Å². The van der Waals surface area contributed by atoms with E-state index < -0.39 is 0 Å². The van der Waals surface area contributed by atoms with Gasteiger partial charge < -0.3 is 15.4 Å². The van der Waals surface area contributed by atoms with Crippen LogP contribution in [0.5, 0.6) is 0 Å². The lowest BCUT2D eigenvalue weighted by atomic mass is 9.98. The van der Waals surface area contributed by atoms with Gasteiger partial charge in [-0.3, -0.25) is 4.79 Å². The summed E-state index contributed by atoms with van der Waals surface area (Å²) in [7, 11) is 1.92. The Bertz CT molecular complexity index is 264. The van der Waals surface area contributed by atoms with Crippen molar-refractivity contribution in [3.63, 3.8) is 0 Å². The van der Waals surface area contributed by atoms with Gasteiger partial charge in [0.05, 0.1) is 5.92 Å². The van der Waals surface area contributed by atoms with Crippen molar-refractivity contribution in [1.29, 1.82) is 0 Å². The van der Waals surface area contributed by atoms with Gasteiger partial charge in [-0.1, -0.05) is 6.42 Å². The van der Waals surface area contributed by atoms with E-state index >= 15 is 0 Å². The molecular formula is C13H24N2O2. The van der Waals surface area contributed by atoms with Crippen LogP contribution < -0.4 is 5.73 Å². The highest BCUT2D eigenvalue weighted by molar-refractivity contribution is 5.79. The number of nitrogens with zero attached hydrogens (tertiary/aromatic N) is 1. The summed E-state index contributed by atoms with van der Waals surface area (Å²) in [6, 6.07) is 0.0830. The van der Waals surface area contributed by atoms with Crippen LogP contribution in [0.15, 0.2) is 0 Å². The average molecular weight is 240 g/mol. The van der Waals surface area contributed by atoms with Crippen molar-refractivity contribution >= 4 is 5.91 Å². The topological polar surface area (TPSA) is 55.6 Å². The largest absolute Gasteiger partial charge is 0.381 e. The molecule has 2 unspecified atom stereocenters. The Morgan fingerprint density at radius 3 is 2.59 bits per heavy atom. The number of nitrogens with two attached hydrogens (primary N) is 1. The number of ether oxygens (including phenoxy) is 1. The van der Waals surface area contributed by atoms with Gasteiger partial charge in [0, 0.05) is 32.8 Å². The van der Waals surface area contributed by atoms with Crippen LogP contribution in [0.25, 0.3) is 0 Å². The van der Waals surface area contributed by atoms with E-state index in [2.05, 4.69) is 0 Å². The second-order valence-electron chi connectivity index (χ2n) is 5.48. The fourth-order valence-corrected chi connectivity index (χ4v) is 2.98. The second-order valence-corrected chi connectivity index (χ2v) is 5.48. The van der Waals surface area contributed by atoms with Crippen molar-refractivity contribution in [2.75, 3.05) is 26.8 Å². The Morgan fingerprint density at radius 1 is 1.29 bits per heavy atom. The maximum absolute atomic E-state index is 12.2. The predicted molar refractivity (Wildman–Crippen MR) is 66.5 cm³/mol. The zero-order chi connectivity index (χ0) is 12.3. The first-order valence-electron chi connectivity index (χ1n) is 6.77. The summed E-state index contributed by atoms with van der Waals surface area (Å²) in [4.78, 5) is 14.1. The highest BCUT2D eigenvalue weighted by atomic mass is 16.5. The third kappa shape index (κ3) is 3.19. The molecular weight excluding hydrogens is 216 g/mol. The lowest BCUT2D eigenvalue weighted by Crippen LogP contribution is -2.42. The molecule has 4 heteroatoms. The van der Waals surface area contributed by atoms with Crippen LogP contribution in [0.3, 0.4) is 0 Å². The molecule has 0 aromatic carbocycles. The molecule has 2 aliphatic rings. The van der Waals surface area contributed by atoms with Crippen LogP contribution in [0, 0.1) is 11.8 Å². The number of hydrogen-bond acceptors (Lipinski definition) is 3. The van der Waals surface area contributed by atoms with Crippen LogP contribution in [0.4, 0.5) is 0 Å². The Hall–Kier alpha value is -0.610. The molecule has 17 heavy (non-hydrogen) atoms. The third-order valence-corrected chi connectivity index (χ3v) is 4.14. The zero-order valence-corrected chi connectivity index (χ0v) is 10.7. The zero-order valence-electron chi connectivity index (χ0n) is 10.7. The Kier molecular flexibility index (Phi) is 4.40. The molecule has 0 bridgehead atoms. The van der Waals surface area contributed by atoms with E-state index in [9.17, 15) is 4.79 Å². The summed E-state index contributed by atoms with van der Waals surface area (Å²) in [5, 5.41) is 0. The summed E-state index contributed by atoms with van der Waals surface area (Å²) < 4.78 is 5.34. The quantitative estimate of drug-likeness (QED) is 0.800. The first-order chi connectivity index (χ1) is 8.18. The highest BCUT2D eigenvalue weighted by Crippen LogP contribution is 2.26. The normalized spacial score (nSPS) is 30.5. The van der Waals surface area contributed by atoms with Gasteiger partial charge in [0.1, 0.15) is 0 Å². The molecule has 0 aromatic rings. The maximum Gasteiger partial charge on any atom is 0.226 e. The fourth-order valence-electron chi connectivity index (χ4n) is 2.98. The van der Waals surface area contributed by atoms with Gasteiger partial charge >= 0.3 is 0 Å². The second kappa shape index (κ2) is 5.83. The monoisotopic (exact) mass is 240 g/mol. The molecule has 1 aliphatic carbocycles. The van der Waals surface area contributed by atoms with Gasteiger partial charge in [-0.15, -0.1) is 0 Å². The molecule has 98 valence electrons. The van der Waals surface area contributed by atoms with E-state index in [1.165, 1.54) is 0 Å². The molecule has 1 saturated carbocycles. The molecule has 2 atom stereocenters. The van der Waals surface area contributed by atoms with Gasteiger partial charge in [0.15, 0.2) is 0 Å². The minimum atomic E-state index is 0.0693. The first kappa shape index (κ1) is 12.8. The summed E-state index contributed by atoms with van der Waals surface area (Å²) in [6.45, 7) is 2.55. The van der Waals surface area contributed by atoms with Crippen LogP contribution in [-0.4, -0.2) is 43.7 Å². The molecule has 4 nitrogen and oxygen atoms in total. The third-order valence-electron chi connectivity index (χ3n) is 4.14. The summed E-state index contributed by atoms with van der Waals surface area (Å²) in [5.74, 6) is 0.927. The predicted octanol–water partition coefficient (Wildman–Crippen LogP) is 0.999. The van der Waals surface area contributed by atoms with Crippen molar-refractivity contribution in [2.45, 2.75) is 38.1 Å². The van der Waals surface area contributed by atoms with Crippen molar-refractivity contribution in [3.8, 4) is 0 Å². The maximum atomic E-state index is 12.2. The number of hydrogen-bond donors (Lipinski definition) is 1. The highest BCUT2D eigenvalue weighted by Gasteiger charge is 2.32. The number of carbonyl (C=O) groups excluding carboxylic acids is 1. The van der Waals surface area contributed by atoms with E-state index in [1.807, 2.05) is 11.9 Å². The van der Waals surface area contributed by atoms with Crippen LogP contribution in [-0.2, 0) is 9.53 Å². The number of rotatable bonds is 3. The van der Waals surface area contributed by atoms with Crippen molar-refractivity contribution in [2.24, 2.45) is 17.6 Å². The lowest BCUT2D eigenvalue weighted by molar-refractivity contribution is -0.135. The standard InChI is InChI=1S/C13H24N2O2/c1-15(9-10-5-7-17-8-6-10)13(16)11-3-2-4-12(11)14/h10-12H,2-9,14H2,1H3. The fraction of sp³-hybridized carbons (Fsp3) is 0.923. The molecule has 2 fully saturated rings. The minimum absolute atomic E-state index is 0.0693. The van der Waals surface area contributed by atoms with E-state index in [1.54, 1.807) is 0 Å². The van der Waals surface area contributed by atoms with Crippen molar-refractivity contribution in [3.05, 3.63) is 0 Å². The molecule has 2 N–H and O–H groups in total. The molecule has 1 amide bonds. The molecule has 0 radical (unpaired) electrons. The summed E-state index contributed by atoms with van der Waals surface area (Å²) in [6.07, 6.45) is 5.23. The molecule has 1 saturated heterocycles. The van der Waals surface area contributed by atoms with Gasteiger partial charge in [-0.25, -0.2) is 0 Å². The number of amides is 1. The van der Waals surface area contributed by atoms with Crippen LogP contribution in [0.2, 0.25) is 0 Å². The molecule has 2 rings (SSSR count). The van der Waals surface area contributed by atoms with E-state index in [4.69, 9.17) is 10.5 Å². The van der Waals surface area contributed by atoms with E-state index in [-0.39, 0.29) is 17.9 Å². The van der Waals surface area contributed by atoms with Gasteiger partial charge in [0.2, 0.25) is 5.91 Å². The summed E-state index contributed by atoms with van der Waals surface area (Å²) in [5.41, 5.74) is 5.98. The SMILES string of the molecule is CN(CC1CCOCC1)C(=O)C1CCCC1N.